The van der Waals surface area contributed by atoms with Crippen molar-refractivity contribution in [2.75, 3.05) is 0 Å². The van der Waals surface area contributed by atoms with Crippen molar-refractivity contribution in [3.63, 3.8) is 0 Å². The molecule has 0 bridgehead atoms. The highest BCUT2D eigenvalue weighted by Crippen LogP contribution is 2.46. The summed E-state index contributed by atoms with van der Waals surface area (Å²) < 4.78 is 5.82. The molecule has 0 saturated heterocycles. The molecule has 1 atom stereocenters. The lowest BCUT2D eigenvalue weighted by Gasteiger charge is -2.46. The van der Waals surface area contributed by atoms with Crippen molar-refractivity contribution >= 4 is 9.47 Å². The zero-order valence-electron chi connectivity index (χ0n) is 12.3. The molecular formula is C16H31OP. The largest absolute Gasteiger partial charge is 0.360 e. The maximum Gasteiger partial charge on any atom is 0.0695 e. The standard InChI is InChI=1S/C16H31OP/c1-16(2,17-18)15(13-9-5-3-6-10-13)14-11-7-4-8-12-14/h13-15H,3-12,18H2,1-2H3. The van der Waals surface area contributed by atoms with Gasteiger partial charge in [-0.05, 0) is 31.6 Å². The Bertz CT molecular complexity index is 221. The van der Waals surface area contributed by atoms with E-state index in [-0.39, 0.29) is 5.60 Å². The zero-order chi connectivity index (χ0) is 13.0. The Hall–Kier alpha value is 0.390. The van der Waals surface area contributed by atoms with E-state index >= 15 is 0 Å². The van der Waals surface area contributed by atoms with Crippen LogP contribution in [0.1, 0.15) is 78.1 Å². The summed E-state index contributed by atoms with van der Waals surface area (Å²) in [4.78, 5) is 0. The molecule has 106 valence electrons. The van der Waals surface area contributed by atoms with E-state index in [0.29, 0.717) is 0 Å². The summed E-state index contributed by atoms with van der Waals surface area (Å²) in [6.45, 7) is 4.63. The average molecular weight is 270 g/mol. The molecule has 0 amide bonds. The van der Waals surface area contributed by atoms with Crippen molar-refractivity contribution in [1.82, 2.24) is 0 Å². The molecule has 0 N–H and O–H groups in total. The summed E-state index contributed by atoms with van der Waals surface area (Å²) in [5.74, 6) is 2.60. The molecule has 1 unspecified atom stereocenters. The topological polar surface area (TPSA) is 9.23 Å². The first kappa shape index (κ1) is 14.8. The van der Waals surface area contributed by atoms with Crippen LogP contribution >= 0.6 is 9.47 Å². The minimum Gasteiger partial charge on any atom is -0.360 e. The van der Waals surface area contributed by atoms with Crippen LogP contribution in [0.3, 0.4) is 0 Å². The SMILES string of the molecule is CC(C)(OP)C(C1CCCCC1)C1CCCCC1. The lowest BCUT2D eigenvalue weighted by Crippen LogP contribution is -2.43. The van der Waals surface area contributed by atoms with E-state index in [1.807, 2.05) is 0 Å². The summed E-state index contributed by atoms with van der Waals surface area (Å²) in [5, 5.41) is 0. The highest BCUT2D eigenvalue weighted by Gasteiger charge is 2.41. The fourth-order valence-corrected chi connectivity index (χ4v) is 4.74. The molecule has 2 rings (SSSR count). The Kier molecular flexibility index (Phi) is 5.51. The Balaban J connectivity index is 2.10. The molecule has 0 aromatic carbocycles. The summed E-state index contributed by atoms with van der Waals surface area (Å²) in [7, 11) is 2.53. The predicted octanol–water partition coefficient (Wildman–Crippen LogP) is 5.35. The molecule has 0 aromatic heterocycles. The van der Waals surface area contributed by atoms with Gasteiger partial charge in [0.05, 0.1) is 5.60 Å². The van der Waals surface area contributed by atoms with Gasteiger partial charge in [0.25, 0.3) is 0 Å². The first-order chi connectivity index (χ1) is 8.65. The van der Waals surface area contributed by atoms with Gasteiger partial charge in [0.15, 0.2) is 0 Å². The second kappa shape index (κ2) is 6.71. The van der Waals surface area contributed by atoms with Crippen LogP contribution in [0.25, 0.3) is 0 Å². The van der Waals surface area contributed by atoms with E-state index in [4.69, 9.17) is 4.52 Å². The van der Waals surface area contributed by atoms with Gasteiger partial charge in [0.1, 0.15) is 0 Å². The maximum atomic E-state index is 5.82. The molecule has 2 saturated carbocycles. The molecule has 0 aliphatic heterocycles. The van der Waals surface area contributed by atoms with Crippen molar-refractivity contribution < 1.29 is 4.52 Å². The lowest BCUT2D eigenvalue weighted by molar-refractivity contribution is -0.0258. The Morgan fingerprint density at radius 2 is 1.22 bits per heavy atom. The Morgan fingerprint density at radius 1 is 0.833 bits per heavy atom. The van der Waals surface area contributed by atoms with Gasteiger partial charge in [-0.1, -0.05) is 64.2 Å². The monoisotopic (exact) mass is 270 g/mol. The van der Waals surface area contributed by atoms with E-state index in [1.165, 1.54) is 64.2 Å². The smallest absolute Gasteiger partial charge is 0.0695 e. The van der Waals surface area contributed by atoms with E-state index in [1.54, 1.807) is 0 Å². The van der Waals surface area contributed by atoms with E-state index in [0.717, 1.165) is 17.8 Å². The van der Waals surface area contributed by atoms with Crippen LogP contribution < -0.4 is 0 Å². The second-order valence-electron chi connectivity index (χ2n) is 7.04. The van der Waals surface area contributed by atoms with Crippen molar-refractivity contribution in [3.8, 4) is 0 Å². The third-order valence-corrected chi connectivity index (χ3v) is 6.03. The summed E-state index contributed by atoms with van der Waals surface area (Å²) in [6.07, 6.45) is 14.5. The van der Waals surface area contributed by atoms with Gasteiger partial charge in [-0.2, -0.15) is 0 Å². The fraction of sp³-hybridized carbons (Fsp3) is 1.00. The first-order valence-corrected chi connectivity index (χ1v) is 8.50. The van der Waals surface area contributed by atoms with Crippen LogP contribution in [-0.4, -0.2) is 5.60 Å². The first-order valence-electron chi connectivity index (χ1n) is 8.03. The van der Waals surface area contributed by atoms with Gasteiger partial charge in [-0.25, -0.2) is 0 Å². The molecule has 1 nitrogen and oxygen atoms in total. The molecular weight excluding hydrogens is 239 g/mol. The van der Waals surface area contributed by atoms with Gasteiger partial charge in [-0.15, -0.1) is 0 Å². The maximum absolute atomic E-state index is 5.82. The highest BCUT2D eigenvalue weighted by molar-refractivity contribution is 7.09. The molecule has 2 aliphatic rings. The molecule has 2 heteroatoms. The molecule has 0 radical (unpaired) electrons. The van der Waals surface area contributed by atoms with E-state index in [9.17, 15) is 0 Å². The van der Waals surface area contributed by atoms with Gasteiger partial charge >= 0.3 is 0 Å². The zero-order valence-corrected chi connectivity index (χ0v) is 13.4. The predicted molar refractivity (Wildman–Crippen MR) is 81.5 cm³/mol. The van der Waals surface area contributed by atoms with Gasteiger partial charge in [-0.3, -0.25) is 0 Å². The second-order valence-corrected chi connectivity index (χ2v) is 7.28. The van der Waals surface area contributed by atoms with Gasteiger partial charge in [0.2, 0.25) is 0 Å². The summed E-state index contributed by atoms with van der Waals surface area (Å²) in [6, 6.07) is 0. The van der Waals surface area contributed by atoms with Crippen LogP contribution in [0, 0.1) is 17.8 Å². The minimum absolute atomic E-state index is 0.0364. The van der Waals surface area contributed by atoms with Crippen LogP contribution in [0.2, 0.25) is 0 Å². The normalized spacial score (nSPS) is 24.7. The third kappa shape index (κ3) is 3.48. The van der Waals surface area contributed by atoms with Crippen LogP contribution in [0.15, 0.2) is 0 Å². The molecule has 18 heavy (non-hydrogen) atoms. The Morgan fingerprint density at radius 3 is 1.56 bits per heavy atom. The highest BCUT2D eigenvalue weighted by atomic mass is 31.0. The van der Waals surface area contributed by atoms with Crippen molar-refractivity contribution in [2.24, 2.45) is 17.8 Å². The van der Waals surface area contributed by atoms with Crippen LogP contribution in [0.4, 0.5) is 0 Å². The number of rotatable bonds is 4. The van der Waals surface area contributed by atoms with Crippen LogP contribution in [-0.2, 0) is 4.52 Å². The van der Waals surface area contributed by atoms with E-state index < -0.39 is 0 Å². The molecule has 0 aromatic rings. The van der Waals surface area contributed by atoms with Gasteiger partial charge in [0, 0.05) is 9.47 Å². The third-order valence-electron chi connectivity index (χ3n) is 5.42. The quantitative estimate of drug-likeness (QED) is 0.626. The summed E-state index contributed by atoms with van der Waals surface area (Å²) in [5.41, 5.74) is 0.0364. The average Bonchev–Trinajstić information content (AvgIpc) is 2.41. The fourth-order valence-electron chi connectivity index (χ4n) is 4.59. The number of hydrogen-bond acceptors (Lipinski definition) is 1. The summed E-state index contributed by atoms with van der Waals surface area (Å²) >= 11 is 0. The lowest BCUT2D eigenvalue weighted by atomic mass is 9.64. The van der Waals surface area contributed by atoms with Crippen molar-refractivity contribution in [3.05, 3.63) is 0 Å². The number of hydrogen-bond donors (Lipinski definition) is 0. The van der Waals surface area contributed by atoms with Gasteiger partial charge < -0.3 is 4.52 Å². The molecule has 0 heterocycles. The molecule has 2 aliphatic carbocycles. The molecule has 0 spiro atoms. The molecule has 2 fully saturated rings. The minimum atomic E-state index is 0.0364. The van der Waals surface area contributed by atoms with E-state index in [2.05, 4.69) is 23.3 Å². The van der Waals surface area contributed by atoms with Crippen molar-refractivity contribution in [2.45, 2.75) is 83.7 Å². The Labute approximate surface area is 116 Å². The van der Waals surface area contributed by atoms with Crippen LogP contribution in [0.5, 0.6) is 0 Å². The van der Waals surface area contributed by atoms with Crippen molar-refractivity contribution in [1.29, 1.82) is 0 Å².